The molecule has 0 spiro atoms. The smallest absolute Gasteiger partial charge is 0.229 e. The molecule has 7 nitrogen and oxygen atoms in total. The predicted octanol–water partition coefficient (Wildman–Crippen LogP) is 2.75. The van der Waals surface area contributed by atoms with E-state index in [0.717, 1.165) is 47.0 Å². The molecule has 0 bridgehead atoms. The molecule has 4 rings (SSSR count). The second kappa shape index (κ2) is 6.91. The second-order valence-electron chi connectivity index (χ2n) is 7.46. The van der Waals surface area contributed by atoms with Crippen LogP contribution in [0.4, 0.5) is 0 Å². The Morgan fingerprint density at radius 2 is 2.00 bits per heavy atom. The number of pyridine rings is 2. The number of hydrogen-bond donors (Lipinski definition) is 2. The number of primary amides is 1. The highest BCUT2D eigenvalue weighted by Gasteiger charge is 2.51. The van der Waals surface area contributed by atoms with Gasteiger partial charge < -0.3 is 10.8 Å². The first-order valence-corrected chi connectivity index (χ1v) is 9.53. The summed E-state index contributed by atoms with van der Waals surface area (Å²) in [5.74, 6) is 0.124. The van der Waals surface area contributed by atoms with Crippen molar-refractivity contribution in [2.75, 3.05) is 0 Å². The van der Waals surface area contributed by atoms with Crippen LogP contribution in [0.25, 0.3) is 22.0 Å². The number of nitrogens with zero attached hydrogens (tertiary/aromatic N) is 4. The van der Waals surface area contributed by atoms with Crippen LogP contribution in [0.2, 0.25) is 0 Å². The molecule has 28 heavy (non-hydrogen) atoms. The molecule has 1 fully saturated rings. The fourth-order valence-electron chi connectivity index (χ4n) is 3.52. The lowest BCUT2D eigenvalue weighted by atomic mass is 9.99. The van der Waals surface area contributed by atoms with Crippen molar-refractivity contribution in [2.45, 2.75) is 51.0 Å². The number of carbonyl (C=O) groups excluding carboxylic acids is 1. The van der Waals surface area contributed by atoms with Crippen LogP contribution >= 0.6 is 0 Å². The Bertz CT molecular complexity index is 1060. The summed E-state index contributed by atoms with van der Waals surface area (Å²) in [5.41, 5.74) is 8.93. The standard InChI is InChI=1S/C21H23N5O2/c1-3-4-17(27)19-25-11-15(12(2)26-19)13-7-14-10-24-18(8-16(14)23-9-13)21(5-6-21)20(22)28/h7-11,17,27H,3-6H2,1-2H3,(H2,22,28)/t17-/m0/s1. The highest BCUT2D eigenvalue weighted by molar-refractivity contribution is 5.91. The minimum Gasteiger partial charge on any atom is -0.385 e. The van der Waals surface area contributed by atoms with E-state index in [0.29, 0.717) is 17.9 Å². The largest absolute Gasteiger partial charge is 0.385 e. The van der Waals surface area contributed by atoms with Gasteiger partial charge in [0.05, 0.1) is 16.6 Å². The van der Waals surface area contributed by atoms with Crippen LogP contribution in [0.5, 0.6) is 0 Å². The number of aliphatic hydroxyl groups excluding tert-OH is 1. The average Bonchev–Trinajstić information content (AvgIpc) is 3.49. The highest BCUT2D eigenvalue weighted by atomic mass is 16.3. The lowest BCUT2D eigenvalue weighted by molar-refractivity contribution is -0.120. The second-order valence-corrected chi connectivity index (χ2v) is 7.46. The summed E-state index contributed by atoms with van der Waals surface area (Å²) in [7, 11) is 0. The molecule has 1 amide bonds. The number of nitrogens with two attached hydrogens (primary N) is 1. The normalized spacial score (nSPS) is 16.1. The van der Waals surface area contributed by atoms with E-state index >= 15 is 0 Å². The maximum Gasteiger partial charge on any atom is 0.229 e. The Hall–Kier alpha value is -2.93. The minimum atomic E-state index is -0.643. The molecule has 0 unspecified atom stereocenters. The average molecular weight is 377 g/mol. The van der Waals surface area contributed by atoms with Gasteiger partial charge >= 0.3 is 0 Å². The molecule has 0 saturated heterocycles. The van der Waals surface area contributed by atoms with Crippen molar-refractivity contribution in [3.05, 3.63) is 47.9 Å². The molecule has 3 N–H and O–H groups in total. The summed E-state index contributed by atoms with van der Waals surface area (Å²) < 4.78 is 0. The molecule has 1 saturated carbocycles. The molecule has 144 valence electrons. The summed E-state index contributed by atoms with van der Waals surface area (Å²) in [6.45, 7) is 3.91. The zero-order chi connectivity index (χ0) is 19.9. The van der Waals surface area contributed by atoms with Crippen LogP contribution in [0, 0.1) is 6.92 Å². The third kappa shape index (κ3) is 3.11. The molecule has 1 aliphatic rings. The SMILES string of the molecule is CCC[C@H](O)c1ncc(-c2cnc3cc(C4(C(N)=O)CC4)ncc3c2)c(C)n1. The molecule has 7 heteroatoms. The van der Waals surface area contributed by atoms with Gasteiger partial charge in [0.1, 0.15) is 6.10 Å². The number of aliphatic hydroxyl groups is 1. The van der Waals surface area contributed by atoms with E-state index in [4.69, 9.17) is 5.73 Å². The summed E-state index contributed by atoms with van der Waals surface area (Å²) in [6, 6.07) is 3.83. The predicted molar refractivity (Wildman–Crippen MR) is 105 cm³/mol. The number of amides is 1. The quantitative estimate of drug-likeness (QED) is 0.682. The monoisotopic (exact) mass is 377 g/mol. The number of carbonyl (C=O) groups is 1. The molecular formula is C21H23N5O2. The topological polar surface area (TPSA) is 115 Å². The van der Waals surface area contributed by atoms with Gasteiger partial charge in [0.2, 0.25) is 5.91 Å². The van der Waals surface area contributed by atoms with Gasteiger partial charge in [-0.2, -0.15) is 0 Å². The van der Waals surface area contributed by atoms with Gasteiger partial charge in [-0.25, -0.2) is 9.97 Å². The van der Waals surface area contributed by atoms with Crippen LogP contribution in [0.3, 0.4) is 0 Å². The van der Waals surface area contributed by atoms with Crippen LogP contribution in [0.1, 0.15) is 55.9 Å². The van der Waals surface area contributed by atoms with Gasteiger partial charge in [0, 0.05) is 40.8 Å². The van der Waals surface area contributed by atoms with Crippen LogP contribution in [0.15, 0.2) is 30.7 Å². The Balaban J connectivity index is 1.68. The van der Waals surface area contributed by atoms with E-state index in [1.165, 1.54) is 0 Å². The molecule has 0 aromatic carbocycles. The minimum absolute atomic E-state index is 0.325. The zero-order valence-corrected chi connectivity index (χ0v) is 16.0. The lowest BCUT2D eigenvalue weighted by Gasteiger charge is -2.12. The molecule has 1 atom stereocenters. The van der Waals surface area contributed by atoms with Crippen LogP contribution in [-0.2, 0) is 10.2 Å². The van der Waals surface area contributed by atoms with Gasteiger partial charge in [-0.1, -0.05) is 13.3 Å². The van der Waals surface area contributed by atoms with Gasteiger partial charge in [0.25, 0.3) is 0 Å². The van der Waals surface area contributed by atoms with Crippen molar-refractivity contribution in [1.29, 1.82) is 0 Å². The summed E-state index contributed by atoms with van der Waals surface area (Å²) in [4.78, 5) is 29.6. The van der Waals surface area contributed by atoms with E-state index in [1.807, 2.05) is 26.0 Å². The number of rotatable bonds is 6. The molecule has 3 heterocycles. The Morgan fingerprint density at radius 3 is 2.64 bits per heavy atom. The first-order chi connectivity index (χ1) is 13.4. The van der Waals surface area contributed by atoms with Crippen molar-refractivity contribution >= 4 is 16.8 Å². The fourth-order valence-corrected chi connectivity index (χ4v) is 3.52. The molecule has 0 aliphatic heterocycles. The Morgan fingerprint density at radius 1 is 1.21 bits per heavy atom. The number of hydrogen-bond acceptors (Lipinski definition) is 6. The third-order valence-electron chi connectivity index (χ3n) is 5.45. The fraction of sp³-hybridized carbons (Fsp3) is 0.381. The first-order valence-electron chi connectivity index (χ1n) is 9.53. The molecule has 3 aromatic rings. The van der Waals surface area contributed by atoms with Crippen LogP contribution in [-0.4, -0.2) is 30.9 Å². The number of fused-ring (bicyclic) bond motifs is 1. The van der Waals surface area contributed by atoms with Gasteiger partial charge in [-0.3, -0.25) is 14.8 Å². The van der Waals surface area contributed by atoms with Crippen molar-refractivity contribution in [3.63, 3.8) is 0 Å². The van der Waals surface area contributed by atoms with Crippen molar-refractivity contribution in [2.24, 2.45) is 5.73 Å². The number of aromatic nitrogens is 4. The number of aryl methyl sites for hydroxylation is 1. The zero-order valence-electron chi connectivity index (χ0n) is 16.0. The van der Waals surface area contributed by atoms with Gasteiger partial charge in [0.15, 0.2) is 5.82 Å². The maximum atomic E-state index is 11.7. The van der Waals surface area contributed by atoms with E-state index in [-0.39, 0.29) is 5.91 Å². The lowest BCUT2D eigenvalue weighted by Crippen LogP contribution is -2.29. The van der Waals surface area contributed by atoms with E-state index in [9.17, 15) is 9.90 Å². The van der Waals surface area contributed by atoms with E-state index in [2.05, 4.69) is 19.9 Å². The molecule has 0 radical (unpaired) electrons. The maximum absolute atomic E-state index is 11.7. The Labute approximate surface area is 163 Å². The van der Waals surface area contributed by atoms with Gasteiger partial charge in [-0.15, -0.1) is 0 Å². The van der Waals surface area contributed by atoms with Crippen molar-refractivity contribution in [3.8, 4) is 11.1 Å². The van der Waals surface area contributed by atoms with E-state index in [1.54, 1.807) is 18.6 Å². The van der Waals surface area contributed by atoms with Gasteiger partial charge in [-0.05, 0) is 38.3 Å². The molecular weight excluding hydrogens is 354 g/mol. The van der Waals surface area contributed by atoms with E-state index < -0.39 is 11.5 Å². The molecule has 1 aliphatic carbocycles. The highest BCUT2D eigenvalue weighted by Crippen LogP contribution is 2.47. The summed E-state index contributed by atoms with van der Waals surface area (Å²) in [6.07, 6.45) is 7.58. The Kier molecular flexibility index (Phi) is 4.55. The first kappa shape index (κ1) is 18.4. The third-order valence-corrected chi connectivity index (χ3v) is 5.45. The summed E-state index contributed by atoms with van der Waals surface area (Å²) in [5, 5.41) is 11.0. The van der Waals surface area contributed by atoms with Crippen LogP contribution < -0.4 is 5.73 Å². The summed E-state index contributed by atoms with van der Waals surface area (Å²) >= 11 is 0. The van der Waals surface area contributed by atoms with Crippen molar-refractivity contribution < 1.29 is 9.90 Å². The molecule has 3 aromatic heterocycles. The van der Waals surface area contributed by atoms with Crippen molar-refractivity contribution in [1.82, 2.24) is 19.9 Å².